The molecule has 0 unspecified atom stereocenters. The molecule has 0 fully saturated rings. The molecular weight excluding hydrogens is 155 g/mol. The topological polar surface area (TPSA) is 38.9 Å². The fraction of sp³-hybridized carbons (Fsp3) is 0.222. The molecule has 1 heterocycles. The highest BCUT2D eigenvalue weighted by atomic mass is 19.1. The predicted molar refractivity (Wildman–Crippen MR) is 47.3 cm³/mol. The third-order valence-electron chi connectivity index (χ3n) is 1.81. The molecule has 0 saturated carbocycles. The Morgan fingerprint density at radius 1 is 1.75 bits per heavy atom. The number of hydrogen-bond donors (Lipinski definition) is 1. The van der Waals surface area contributed by atoms with E-state index < -0.39 is 5.83 Å². The Morgan fingerprint density at radius 3 is 2.92 bits per heavy atom. The van der Waals surface area contributed by atoms with Gasteiger partial charge in [0.15, 0.2) is 0 Å². The number of halogens is 1. The van der Waals surface area contributed by atoms with Crippen LogP contribution in [0.3, 0.4) is 0 Å². The largest absolute Gasteiger partial charge is 0.383 e. The van der Waals surface area contributed by atoms with Crippen LogP contribution in [0.2, 0.25) is 0 Å². The Labute approximate surface area is 70.9 Å². The molecule has 0 aliphatic rings. The van der Waals surface area contributed by atoms with Gasteiger partial charge in [-0.3, -0.25) is 0 Å². The average molecular weight is 166 g/mol. The monoisotopic (exact) mass is 166 g/mol. The van der Waals surface area contributed by atoms with E-state index in [-0.39, 0.29) is 5.92 Å². The van der Waals surface area contributed by atoms with Gasteiger partial charge in [-0.25, -0.2) is 9.37 Å². The normalized spacial score (nSPS) is 12.5. The maximum Gasteiger partial charge on any atom is 0.127 e. The van der Waals surface area contributed by atoms with Gasteiger partial charge in [-0.1, -0.05) is 19.6 Å². The maximum atomic E-state index is 12.7. The molecule has 64 valence electrons. The number of nitrogens with zero attached hydrogens (tertiary/aromatic N) is 1. The maximum absolute atomic E-state index is 12.7. The minimum absolute atomic E-state index is 0.365. The van der Waals surface area contributed by atoms with Gasteiger partial charge in [0.2, 0.25) is 0 Å². The molecule has 0 aromatic carbocycles. The van der Waals surface area contributed by atoms with Gasteiger partial charge in [0.25, 0.3) is 0 Å². The SMILES string of the molecule is C=C(F)[C@@H](C)c1cccnc1N. The lowest BCUT2D eigenvalue weighted by atomic mass is 10.0. The van der Waals surface area contributed by atoms with Crippen molar-refractivity contribution in [3.05, 3.63) is 36.3 Å². The van der Waals surface area contributed by atoms with Gasteiger partial charge < -0.3 is 5.73 Å². The van der Waals surface area contributed by atoms with E-state index in [1.807, 2.05) is 0 Å². The summed E-state index contributed by atoms with van der Waals surface area (Å²) in [5.74, 6) is -0.405. The van der Waals surface area contributed by atoms with Crippen molar-refractivity contribution < 1.29 is 4.39 Å². The van der Waals surface area contributed by atoms with Crippen LogP contribution in [-0.4, -0.2) is 4.98 Å². The second-order valence-electron chi connectivity index (χ2n) is 2.65. The van der Waals surface area contributed by atoms with Crippen molar-refractivity contribution in [2.45, 2.75) is 12.8 Å². The summed E-state index contributed by atoms with van der Waals surface area (Å²) in [5, 5.41) is 0. The van der Waals surface area contributed by atoms with E-state index in [4.69, 9.17) is 5.73 Å². The third-order valence-corrected chi connectivity index (χ3v) is 1.81. The first-order valence-corrected chi connectivity index (χ1v) is 3.67. The Balaban J connectivity index is 3.02. The van der Waals surface area contributed by atoms with E-state index in [9.17, 15) is 4.39 Å². The predicted octanol–water partition coefficient (Wildman–Crippen LogP) is 2.25. The average Bonchev–Trinajstić information content (AvgIpc) is 2.04. The van der Waals surface area contributed by atoms with Crippen LogP contribution < -0.4 is 5.73 Å². The molecule has 1 aromatic heterocycles. The highest BCUT2D eigenvalue weighted by Crippen LogP contribution is 2.26. The van der Waals surface area contributed by atoms with Gasteiger partial charge in [0, 0.05) is 17.7 Å². The Hall–Kier alpha value is -1.38. The molecule has 12 heavy (non-hydrogen) atoms. The van der Waals surface area contributed by atoms with E-state index in [0.29, 0.717) is 11.4 Å². The van der Waals surface area contributed by atoms with Gasteiger partial charge in [0.1, 0.15) is 11.6 Å². The zero-order valence-electron chi connectivity index (χ0n) is 6.92. The molecule has 0 amide bonds. The molecule has 2 N–H and O–H groups in total. The number of aromatic nitrogens is 1. The van der Waals surface area contributed by atoms with Crippen LogP contribution in [0.15, 0.2) is 30.7 Å². The molecule has 0 spiro atoms. The third kappa shape index (κ3) is 1.61. The Morgan fingerprint density at radius 2 is 2.42 bits per heavy atom. The van der Waals surface area contributed by atoms with E-state index in [1.54, 1.807) is 25.3 Å². The number of hydrogen-bond acceptors (Lipinski definition) is 2. The summed E-state index contributed by atoms with van der Waals surface area (Å²) in [5.41, 5.74) is 6.23. The summed E-state index contributed by atoms with van der Waals surface area (Å²) in [6.45, 7) is 4.93. The van der Waals surface area contributed by atoms with Crippen LogP contribution in [0.25, 0.3) is 0 Å². The summed E-state index contributed by atoms with van der Waals surface area (Å²) >= 11 is 0. The lowest BCUT2D eigenvalue weighted by molar-refractivity contribution is 0.568. The van der Waals surface area contributed by atoms with Crippen LogP contribution in [0.5, 0.6) is 0 Å². The van der Waals surface area contributed by atoms with Gasteiger partial charge in [-0.05, 0) is 6.07 Å². The number of allylic oxidation sites excluding steroid dienone is 1. The molecule has 2 nitrogen and oxygen atoms in total. The van der Waals surface area contributed by atoms with Gasteiger partial charge in [-0.15, -0.1) is 0 Å². The zero-order valence-corrected chi connectivity index (χ0v) is 6.92. The summed E-state index contributed by atoms with van der Waals surface area (Å²) in [7, 11) is 0. The first-order valence-electron chi connectivity index (χ1n) is 3.67. The van der Waals surface area contributed by atoms with Gasteiger partial charge in [0.05, 0.1) is 0 Å². The number of nitrogens with two attached hydrogens (primary N) is 1. The first kappa shape index (κ1) is 8.71. The lowest BCUT2D eigenvalue weighted by Crippen LogP contribution is -2.01. The van der Waals surface area contributed by atoms with Crippen LogP contribution >= 0.6 is 0 Å². The molecular formula is C9H11FN2. The lowest BCUT2D eigenvalue weighted by Gasteiger charge is -2.09. The molecule has 0 aliphatic heterocycles. The quantitative estimate of drug-likeness (QED) is 0.731. The fourth-order valence-corrected chi connectivity index (χ4v) is 0.965. The van der Waals surface area contributed by atoms with E-state index in [1.165, 1.54) is 0 Å². The van der Waals surface area contributed by atoms with Crippen LogP contribution in [0.1, 0.15) is 18.4 Å². The molecule has 1 atom stereocenters. The molecule has 0 radical (unpaired) electrons. The van der Waals surface area contributed by atoms with E-state index in [2.05, 4.69) is 11.6 Å². The fourth-order valence-electron chi connectivity index (χ4n) is 0.965. The van der Waals surface area contributed by atoms with Gasteiger partial charge >= 0.3 is 0 Å². The summed E-state index contributed by atoms with van der Waals surface area (Å²) in [6, 6.07) is 3.48. The van der Waals surface area contributed by atoms with Gasteiger partial charge in [-0.2, -0.15) is 0 Å². The number of nitrogen functional groups attached to an aromatic ring is 1. The molecule has 1 aromatic rings. The first-order chi connectivity index (χ1) is 5.63. The summed E-state index contributed by atoms with van der Waals surface area (Å²) in [4.78, 5) is 3.85. The molecule has 1 rings (SSSR count). The smallest absolute Gasteiger partial charge is 0.127 e. The number of pyridine rings is 1. The van der Waals surface area contributed by atoms with Crippen LogP contribution in [-0.2, 0) is 0 Å². The zero-order chi connectivity index (χ0) is 9.14. The van der Waals surface area contributed by atoms with Crippen molar-refractivity contribution in [3.63, 3.8) is 0 Å². The molecule has 0 bridgehead atoms. The molecule has 3 heteroatoms. The number of rotatable bonds is 2. The highest BCUT2D eigenvalue weighted by molar-refractivity contribution is 5.43. The van der Waals surface area contributed by atoms with Crippen molar-refractivity contribution in [2.75, 3.05) is 5.73 Å². The van der Waals surface area contributed by atoms with Crippen LogP contribution in [0.4, 0.5) is 10.2 Å². The van der Waals surface area contributed by atoms with Crippen molar-refractivity contribution in [1.29, 1.82) is 0 Å². The highest BCUT2D eigenvalue weighted by Gasteiger charge is 2.11. The summed E-state index contributed by atoms with van der Waals surface area (Å²) < 4.78 is 12.7. The van der Waals surface area contributed by atoms with E-state index >= 15 is 0 Å². The second-order valence-corrected chi connectivity index (χ2v) is 2.65. The second kappa shape index (κ2) is 3.34. The minimum atomic E-state index is -0.394. The Kier molecular flexibility index (Phi) is 2.43. The van der Waals surface area contributed by atoms with Crippen molar-refractivity contribution in [3.8, 4) is 0 Å². The van der Waals surface area contributed by atoms with Crippen LogP contribution in [0, 0.1) is 0 Å². The van der Waals surface area contributed by atoms with E-state index in [0.717, 1.165) is 0 Å². The Bertz CT molecular complexity index is 296. The standard InChI is InChI=1S/C9H11FN2/c1-6(7(2)10)8-4-3-5-12-9(8)11/h3-6H,2H2,1H3,(H2,11,12)/t6-/m1/s1. The van der Waals surface area contributed by atoms with Crippen molar-refractivity contribution in [2.24, 2.45) is 0 Å². The van der Waals surface area contributed by atoms with Crippen molar-refractivity contribution in [1.82, 2.24) is 4.98 Å². The molecule has 0 saturated heterocycles. The number of anilines is 1. The minimum Gasteiger partial charge on any atom is -0.383 e. The summed E-state index contributed by atoms with van der Waals surface area (Å²) in [6.07, 6.45) is 1.58. The van der Waals surface area contributed by atoms with Crippen molar-refractivity contribution >= 4 is 5.82 Å². The molecule has 0 aliphatic carbocycles.